The summed E-state index contributed by atoms with van der Waals surface area (Å²) in [5.74, 6) is 0.518. The van der Waals surface area contributed by atoms with E-state index < -0.39 is 0 Å². The predicted molar refractivity (Wildman–Crippen MR) is 108 cm³/mol. The molecule has 140 valence electrons. The second kappa shape index (κ2) is 7.80. The summed E-state index contributed by atoms with van der Waals surface area (Å²) in [6.07, 6.45) is 0. The number of hydrogen-bond acceptors (Lipinski definition) is 4. The van der Waals surface area contributed by atoms with Crippen LogP contribution in [0.15, 0.2) is 41.8 Å². The van der Waals surface area contributed by atoms with E-state index in [1.165, 1.54) is 6.92 Å². The van der Waals surface area contributed by atoms with Gasteiger partial charge in [-0.05, 0) is 62.0 Å². The fourth-order valence-corrected chi connectivity index (χ4v) is 3.92. The topological polar surface area (TPSA) is 62.4 Å². The standard InChI is InChI=1S/C21H22N2O3S/c1-13-19(15(3)24)14(2)22-20(13)21(25)23(12-18-6-5-11-27-18)16-7-9-17(26-4)10-8-16/h5-11,22H,12H2,1-4H3. The van der Waals surface area contributed by atoms with Gasteiger partial charge in [0.15, 0.2) is 5.78 Å². The number of thiophene rings is 1. The van der Waals surface area contributed by atoms with Crippen molar-refractivity contribution >= 4 is 28.7 Å². The van der Waals surface area contributed by atoms with E-state index in [0.29, 0.717) is 29.1 Å². The molecule has 0 spiro atoms. The van der Waals surface area contributed by atoms with Gasteiger partial charge in [0.25, 0.3) is 5.91 Å². The maximum Gasteiger partial charge on any atom is 0.275 e. The number of hydrogen-bond donors (Lipinski definition) is 1. The fourth-order valence-electron chi connectivity index (χ4n) is 3.23. The highest BCUT2D eigenvalue weighted by molar-refractivity contribution is 7.09. The number of H-pyrrole nitrogens is 1. The number of rotatable bonds is 6. The van der Waals surface area contributed by atoms with Gasteiger partial charge in [-0.15, -0.1) is 11.3 Å². The molecule has 0 fully saturated rings. The first-order chi connectivity index (χ1) is 12.9. The number of aromatic amines is 1. The Bertz CT molecular complexity index is 956. The SMILES string of the molecule is COc1ccc(N(Cc2cccs2)C(=O)c2[nH]c(C)c(C(C)=O)c2C)cc1. The molecule has 0 radical (unpaired) electrons. The maximum atomic E-state index is 13.4. The van der Waals surface area contributed by atoms with E-state index in [9.17, 15) is 9.59 Å². The van der Waals surface area contributed by atoms with Gasteiger partial charge in [0.05, 0.1) is 13.7 Å². The average molecular weight is 382 g/mol. The van der Waals surface area contributed by atoms with Crippen LogP contribution >= 0.6 is 11.3 Å². The monoisotopic (exact) mass is 382 g/mol. The molecule has 0 bridgehead atoms. The van der Waals surface area contributed by atoms with Crippen molar-refractivity contribution in [3.8, 4) is 5.75 Å². The number of anilines is 1. The molecule has 0 saturated heterocycles. The third kappa shape index (κ3) is 3.80. The van der Waals surface area contributed by atoms with Gasteiger partial charge in [0.1, 0.15) is 11.4 Å². The summed E-state index contributed by atoms with van der Waals surface area (Å²) in [5.41, 5.74) is 3.21. The van der Waals surface area contributed by atoms with Gasteiger partial charge < -0.3 is 14.6 Å². The summed E-state index contributed by atoms with van der Waals surface area (Å²) in [6.45, 7) is 5.60. The number of amides is 1. The number of ether oxygens (including phenoxy) is 1. The van der Waals surface area contributed by atoms with E-state index in [0.717, 1.165) is 16.3 Å². The van der Waals surface area contributed by atoms with Crippen LogP contribution in [0.1, 0.15) is 43.9 Å². The van der Waals surface area contributed by atoms with Crippen LogP contribution in [-0.4, -0.2) is 23.8 Å². The summed E-state index contributed by atoms with van der Waals surface area (Å²) in [7, 11) is 1.61. The number of ketones is 1. The highest BCUT2D eigenvalue weighted by atomic mass is 32.1. The third-order valence-electron chi connectivity index (χ3n) is 4.53. The molecule has 3 rings (SSSR count). The predicted octanol–water partition coefficient (Wildman–Crippen LogP) is 4.75. The lowest BCUT2D eigenvalue weighted by molar-refractivity contribution is 0.0980. The van der Waals surface area contributed by atoms with Crippen LogP contribution in [0.4, 0.5) is 5.69 Å². The van der Waals surface area contributed by atoms with Crippen LogP contribution in [-0.2, 0) is 6.54 Å². The van der Waals surface area contributed by atoms with Gasteiger partial charge >= 0.3 is 0 Å². The highest BCUT2D eigenvalue weighted by Crippen LogP contribution is 2.27. The van der Waals surface area contributed by atoms with Crippen LogP contribution < -0.4 is 9.64 Å². The number of Topliss-reactive ketones (excluding diaryl/α,β-unsaturated/α-hetero) is 1. The molecule has 0 saturated carbocycles. The molecule has 27 heavy (non-hydrogen) atoms. The molecule has 5 nitrogen and oxygen atoms in total. The van der Waals surface area contributed by atoms with E-state index in [2.05, 4.69) is 4.98 Å². The number of nitrogens with one attached hydrogen (secondary N) is 1. The first-order valence-electron chi connectivity index (χ1n) is 8.60. The number of benzene rings is 1. The summed E-state index contributed by atoms with van der Waals surface area (Å²) < 4.78 is 5.22. The Balaban J connectivity index is 2.02. The summed E-state index contributed by atoms with van der Waals surface area (Å²) in [5, 5.41) is 1.99. The number of carbonyl (C=O) groups excluding carboxylic acids is 2. The van der Waals surface area contributed by atoms with Crippen molar-refractivity contribution in [2.45, 2.75) is 27.3 Å². The summed E-state index contributed by atoms with van der Waals surface area (Å²) >= 11 is 1.60. The van der Waals surface area contributed by atoms with Crippen molar-refractivity contribution in [3.63, 3.8) is 0 Å². The third-order valence-corrected chi connectivity index (χ3v) is 5.39. The lowest BCUT2D eigenvalue weighted by atomic mass is 10.1. The highest BCUT2D eigenvalue weighted by Gasteiger charge is 2.25. The zero-order valence-electron chi connectivity index (χ0n) is 15.8. The molecule has 0 aliphatic heterocycles. The Morgan fingerprint density at radius 3 is 2.37 bits per heavy atom. The van der Waals surface area contributed by atoms with E-state index >= 15 is 0 Å². The molecule has 0 atom stereocenters. The Kier molecular flexibility index (Phi) is 5.46. The largest absolute Gasteiger partial charge is 0.497 e. The molecule has 1 amide bonds. The van der Waals surface area contributed by atoms with E-state index in [1.54, 1.807) is 23.3 Å². The van der Waals surface area contributed by atoms with Crippen LogP contribution in [0.5, 0.6) is 5.75 Å². The van der Waals surface area contributed by atoms with Gasteiger partial charge in [-0.25, -0.2) is 0 Å². The maximum absolute atomic E-state index is 13.4. The molecular weight excluding hydrogens is 360 g/mol. The molecule has 0 aliphatic carbocycles. The van der Waals surface area contributed by atoms with E-state index in [1.807, 2.05) is 55.6 Å². The number of aromatic nitrogens is 1. The lowest BCUT2D eigenvalue weighted by Gasteiger charge is -2.22. The molecule has 0 aliphatic rings. The lowest BCUT2D eigenvalue weighted by Crippen LogP contribution is -2.31. The second-order valence-corrected chi connectivity index (χ2v) is 7.38. The molecule has 3 aromatic rings. The van der Waals surface area contributed by atoms with Crippen LogP contribution in [0.25, 0.3) is 0 Å². The molecular formula is C21H22N2O3S. The molecule has 0 unspecified atom stereocenters. The summed E-state index contributed by atoms with van der Waals surface area (Å²) in [4.78, 5) is 31.2. The van der Waals surface area contributed by atoms with Gasteiger partial charge in [0.2, 0.25) is 0 Å². The molecule has 6 heteroatoms. The second-order valence-electron chi connectivity index (χ2n) is 6.35. The normalized spacial score (nSPS) is 10.7. The van der Waals surface area contributed by atoms with Crippen LogP contribution in [0, 0.1) is 13.8 Å². The smallest absolute Gasteiger partial charge is 0.275 e. The van der Waals surface area contributed by atoms with Gasteiger partial charge in [-0.3, -0.25) is 9.59 Å². The van der Waals surface area contributed by atoms with E-state index in [4.69, 9.17) is 4.74 Å². The Hall–Kier alpha value is -2.86. The van der Waals surface area contributed by atoms with Crippen molar-refractivity contribution in [1.82, 2.24) is 4.98 Å². The quantitative estimate of drug-likeness (QED) is 0.626. The fraction of sp³-hybridized carbons (Fsp3) is 0.238. The molecule has 1 N–H and O–H groups in total. The van der Waals surface area contributed by atoms with Crippen molar-refractivity contribution in [3.05, 3.63) is 69.2 Å². The zero-order valence-corrected chi connectivity index (χ0v) is 16.6. The molecule has 2 aromatic heterocycles. The van der Waals surface area contributed by atoms with Crippen LogP contribution in [0.3, 0.4) is 0 Å². The minimum Gasteiger partial charge on any atom is -0.497 e. The van der Waals surface area contributed by atoms with Gasteiger partial charge in [-0.1, -0.05) is 6.07 Å². The molecule has 1 aromatic carbocycles. The van der Waals surface area contributed by atoms with Crippen LogP contribution in [0.2, 0.25) is 0 Å². The number of nitrogens with zero attached hydrogens (tertiary/aromatic N) is 1. The number of aryl methyl sites for hydroxylation is 1. The van der Waals surface area contributed by atoms with Gasteiger partial charge in [-0.2, -0.15) is 0 Å². The van der Waals surface area contributed by atoms with Crippen molar-refractivity contribution < 1.29 is 14.3 Å². The minimum atomic E-state index is -0.165. The number of methoxy groups -OCH3 is 1. The zero-order chi connectivity index (χ0) is 19.6. The van der Waals surface area contributed by atoms with Crippen molar-refractivity contribution in [1.29, 1.82) is 0 Å². The Labute approximate surface area is 162 Å². The minimum absolute atomic E-state index is 0.0467. The van der Waals surface area contributed by atoms with Crippen molar-refractivity contribution in [2.75, 3.05) is 12.0 Å². The Morgan fingerprint density at radius 2 is 1.85 bits per heavy atom. The number of carbonyl (C=O) groups is 2. The first kappa shape index (κ1) is 18.9. The first-order valence-corrected chi connectivity index (χ1v) is 9.48. The average Bonchev–Trinajstić information content (AvgIpc) is 3.26. The van der Waals surface area contributed by atoms with E-state index in [-0.39, 0.29) is 11.7 Å². The summed E-state index contributed by atoms with van der Waals surface area (Å²) in [6, 6.07) is 11.4. The van der Waals surface area contributed by atoms with Gasteiger partial charge in [0, 0.05) is 21.8 Å². The molecule has 2 heterocycles. The van der Waals surface area contributed by atoms with Crippen molar-refractivity contribution in [2.24, 2.45) is 0 Å². The Morgan fingerprint density at radius 1 is 1.15 bits per heavy atom.